The van der Waals surface area contributed by atoms with Crippen molar-refractivity contribution >= 4 is 28.6 Å². The first kappa shape index (κ1) is 30.7. The summed E-state index contributed by atoms with van der Waals surface area (Å²) in [6.45, 7) is 9.85. The molecule has 43 heavy (non-hydrogen) atoms. The van der Waals surface area contributed by atoms with Crippen LogP contribution in [-0.2, 0) is 13.6 Å². The number of hydrogen-bond acceptors (Lipinski definition) is 8. The number of piperidine rings is 1. The summed E-state index contributed by atoms with van der Waals surface area (Å²) in [5.41, 5.74) is 4.75. The second-order valence-electron chi connectivity index (χ2n) is 12.7. The number of anilines is 2. The third-order valence-corrected chi connectivity index (χ3v) is 8.39. The van der Waals surface area contributed by atoms with E-state index in [1.54, 1.807) is 43.1 Å². The fourth-order valence-corrected chi connectivity index (χ4v) is 5.70. The number of rotatable bonds is 10. The fourth-order valence-electron chi connectivity index (χ4n) is 5.70. The van der Waals surface area contributed by atoms with Crippen molar-refractivity contribution in [2.45, 2.75) is 51.8 Å². The van der Waals surface area contributed by atoms with Crippen LogP contribution in [0.1, 0.15) is 42.7 Å². The highest BCUT2D eigenvalue weighted by atomic mass is 16.3. The van der Waals surface area contributed by atoms with Crippen LogP contribution >= 0.6 is 0 Å². The number of imidazole rings is 1. The Bertz CT molecular complexity index is 1580. The lowest BCUT2D eigenvalue weighted by Gasteiger charge is -2.38. The highest BCUT2D eigenvalue weighted by Crippen LogP contribution is 2.30. The molecule has 0 radical (unpaired) electrons. The summed E-state index contributed by atoms with van der Waals surface area (Å²) < 4.78 is 3.69. The molecule has 1 amide bonds. The van der Waals surface area contributed by atoms with E-state index in [1.165, 1.54) is 0 Å². The van der Waals surface area contributed by atoms with Gasteiger partial charge in [0.1, 0.15) is 0 Å². The van der Waals surface area contributed by atoms with Crippen molar-refractivity contribution in [1.82, 2.24) is 34.1 Å². The first-order chi connectivity index (χ1) is 20.4. The van der Waals surface area contributed by atoms with Gasteiger partial charge in [0.15, 0.2) is 0 Å². The van der Waals surface area contributed by atoms with Gasteiger partial charge in [-0.05, 0) is 85.1 Å². The molecule has 0 spiro atoms. The lowest BCUT2D eigenvalue weighted by atomic mass is 10.0. The predicted octanol–water partition coefficient (Wildman–Crippen LogP) is 3.63. The average Bonchev–Trinajstić information content (AvgIpc) is 3.48. The van der Waals surface area contributed by atoms with E-state index in [2.05, 4.69) is 63.4 Å². The van der Waals surface area contributed by atoms with Gasteiger partial charge in [-0.1, -0.05) is 0 Å². The van der Waals surface area contributed by atoms with Gasteiger partial charge in [-0.15, -0.1) is 0 Å². The molecule has 0 atom stereocenters. The van der Waals surface area contributed by atoms with E-state index in [0.29, 0.717) is 23.2 Å². The molecule has 1 fully saturated rings. The Morgan fingerprint density at radius 3 is 2.51 bits per heavy atom. The van der Waals surface area contributed by atoms with Crippen LogP contribution in [0.15, 0.2) is 42.7 Å². The Morgan fingerprint density at radius 1 is 1.12 bits per heavy atom. The predicted molar refractivity (Wildman–Crippen MR) is 172 cm³/mol. The SMILES string of the molecule is Cc1c(-c2cc(C(=O)Nc3nc4ccc(N5CCC(N(C)CCN(C)C)CC5)cc4n3CC(C)(C)O)ccn2)cnn1C. The molecule has 0 saturated carbocycles. The van der Waals surface area contributed by atoms with Gasteiger partial charge in [0, 0.05) is 68.0 Å². The average molecular weight is 588 g/mol. The molecule has 3 aromatic heterocycles. The van der Waals surface area contributed by atoms with Crippen LogP contribution in [0.2, 0.25) is 0 Å². The second-order valence-corrected chi connectivity index (χ2v) is 12.7. The van der Waals surface area contributed by atoms with Crippen LogP contribution in [0.4, 0.5) is 11.6 Å². The first-order valence-corrected chi connectivity index (χ1v) is 15.0. The number of likely N-dealkylation sites (N-methyl/N-ethyl adjacent to an activating group) is 2. The van der Waals surface area contributed by atoms with Crippen LogP contribution in [0.25, 0.3) is 22.3 Å². The van der Waals surface area contributed by atoms with E-state index in [4.69, 9.17) is 4.98 Å². The van der Waals surface area contributed by atoms with E-state index >= 15 is 0 Å². The normalized spacial score (nSPS) is 14.8. The maximum Gasteiger partial charge on any atom is 0.258 e. The highest BCUT2D eigenvalue weighted by Gasteiger charge is 2.25. The number of nitrogens with zero attached hydrogens (tertiary/aromatic N) is 8. The third-order valence-electron chi connectivity index (χ3n) is 8.39. The molecule has 2 N–H and O–H groups in total. The zero-order valence-electron chi connectivity index (χ0n) is 26.5. The lowest BCUT2D eigenvalue weighted by molar-refractivity contribution is 0.0630. The van der Waals surface area contributed by atoms with Crippen molar-refractivity contribution in [2.75, 3.05) is 57.5 Å². The highest BCUT2D eigenvalue weighted by molar-refractivity contribution is 6.04. The maximum atomic E-state index is 13.5. The summed E-state index contributed by atoms with van der Waals surface area (Å²) in [4.78, 5) is 29.9. The van der Waals surface area contributed by atoms with Crippen LogP contribution < -0.4 is 10.2 Å². The minimum absolute atomic E-state index is 0.276. The van der Waals surface area contributed by atoms with Gasteiger partial charge in [-0.2, -0.15) is 5.10 Å². The van der Waals surface area contributed by atoms with Gasteiger partial charge in [-0.3, -0.25) is 19.8 Å². The van der Waals surface area contributed by atoms with Gasteiger partial charge < -0.3 is 24.4 Å². The number of pyridine rings is 1. The monoisotopic (exact) mass is 587 g/mol. The van der Waals surface area contributed by atoms with Crippen molar-refractivity contribution in [3.63, 3.8) is 0 Å². The molecule has 5 rings (SSSR count). The van der Waals surface area contributed by atoms with E-state index in [-0.39, 0.29) is 12.5 Å². The zero-order valence-corrected chi connectivity index (χ0v) is 26.5. The number of carbonyl (C=O) groups is 1. The zero-order chi connectivity index (χ0) is 30.9. The summed E-state index contributed by atoms with van der Waals surface area (Å²) in [7, 11) is 8.34. The van der Waals surface area contributed by atoms with Gasteiger partial charge in [0.05, 0.1) is 35.1 Å². The van der Waals surface area contributed by atoms with Crippen LogP contribution in [-0.4, -0.2) is 104 Å². The van der Waals surface area contributed by atoms with E-state index in [1.807, 2.05) is 24.6 Å². The van der Waals surface area contributed by atoms with Crippen LogP contribution in [0.5, 0.6) is 0 Å². The van der Waals surface area contributed by atoms with Crippen molar-refractivity contribution in [1.29, 1.82) is 0 Å². The number of amides is 1. The summed E-state index contributed by atoms with van der Waals surface area (Å²) in [6.07, 6.45) is 5.61. The number of carbonyl (C=O) groups excluding carboxylic acids is 1. The summed E-state index contributed by atoms with van der Waals surface area (Å²) >= 11 is 0. The standard InChI is InChI=1S/C32H45N9O2/c1-22-26(20-34-39(22)7)28-18-23(10-13-33-28)30(42)36-31-35-27-9-8-25(19-29(27)41(31)21-32(2,3)43)40-14-11-24(12-15-40)38(6)17-16-37(4)5/h8-10,13,18-20,24,43H,11-12,14-17,21H2,1-7H3,(H,35,36,42). The Balaban J connectivity index is 1.37. The van der Waals surface area contributed by atoms with Gasteiger partial charge in [0.25, 0.3) is 5.91 Å². The summed E-state index contributed by atoms with van der Waals surface area (Å²) in [6, 6.07) is 10.3. The molecule has 1 aromatic carbocycles. The molecule has 1 saturated heterocycles. The topological polar surface area (TPSA) is 108 Å². The third kappa shape index (κ3) is 7.06. The molecule has 11 heteroatoms. The molecular weight excluding hydrogens is 542 g/mol. The molecule has 0 unspecified atom stereocenters. The molecule has 0 bridgehead atoms. The van der Waals surface area contributed by atoms with E-state index in [0.717, 1.165) is 67.0 Å². The minimum Gasteiger partial charge on any atom is -0.389 e. The molecule has 4 heterocycles. The molecule has 1 aliphatic rings. The number of fused-ring (bicyclic) bond motifs is 1. The van der Waals surface area contributed by atoms with Crippen molar-refractivity contribution in [3.05, 3.63) is 54.0 Å². The van der Waals surface area contributed by atoms with Gasteiger partial charge in [0.2, 0.25) is 5.95 Å². The smallest absolute Gasteiger partial charge is 0.258 e. The summed E-state index contributed by atoms with van der Waals surface area (Å²) in [5, 5.41) is 18.1. The van der Waals surface area contributed by atoms with Crippen molar-refractivity contribution < 1.29 is 9.90 Å². The largest absolute Gasteiger partial charge is 0.389 e. The Morgan fingerprint density at radius 2 is 1.86 bits per heavy atom. The number of aliphatic hydroxyl groups is 1. The first-order valence-electron chi connectivity index (χ1n) is 15.0. The molecular formula is C32H45N9O2. The lowest BCUT2D eigenvalue weighted by Crippen LogP contribution is -2.45. The number of hydrogen-bond donors (Lipinski definition) is 2. The Labute approximate surface area is 254 Å². The molecule has 4 aromatic rings. The number of aryl methyl sites for hydroxylation is 1. The van der Waals surface area contributed by atoms with E-state index in [9.17, 15) is 9.90 Å². The number of nitrogens with one attached hydrogen (secondary N) is 1. The molecule has 230 valence electrons. The number of benzene rings is 1. The maximum absolute atomic E-state index is 13.5. The molecule has 11 nitrogen and oxygen atoms in total. The fraction of sp³-hybridized carbons (Fsp3) is 0.500. The second kappa shape index (κ2) is 12.4. The van der Waals surface area contributed by atoms with Crippen LogP contribution in [0, 0.1) is 6.92 Å². The van der Waals surface area contributed by atoms with Gasteiger partial charge >= 0.3 is 0 Å². The molecule has 0 aliphatic carbocycles. The Hall–Kier alpha value is -3.80. The van der Waals surface area contributed by atoms with Crippen LogP contribution in [0.3, 0.4) is 0 Å². The Kier molecular flexibility index (Phi) is 8.86. The van der Waals surface area contributed by atoms with Gasteiger partial charge in [-0.25, -0.2) is 4.98 Å². The quantitative estimate of drug-likeness (QED) is 0.290. The molecule has 1 aliphatic heterocycles. The minimum atomic E-state index is -1.01. The van der Waals surface area contributed by atoms with Crippen molar-refractivity contribution in [3.8, 4) is 11.3 Å². The van der Waals surface area contributed by atoms with Crippen molar-refractivity contribution in [2.24, 2.45) is 7.05 Å². The summed E-state index contributed by atoms with van der Waals surface area (Å²) in [5.74, 6) is 0.106. The number of aromatic nitrogens is 5. The van der Waals surface area contributed by atoms with E-state index < -0.39 is 5.60 Å².